The van der Waals surface area contributed by atoms with Gasteiger partial charge in [-0.2, -0.15) is 0 Å². The summed E-state index contributed by atoms with van der Waals surface area (Å²) in [5.74, 6) is -0.241. The van der Waals surface area contributed by atoms with Gasteiger partial charge in [0.15, 0.2) is 0 Å². The molecule has 1 amide bonds. The molecule has 0 aromatic heterocycles. The van der Waals surface area contributed by atoms with Gasteiger partial charge in [0, 0.05) is 18.3 Å². The predicted molar refractivity (Wildman–Crippen MR) is 66.6 cm³/mol. The van der Waals surface area contributed by atoms with Gasteiger partial charge >= 0.3 is 5.97 Å². The van der Waals surface area contributed by atoms with E-state index in [2.05, 4.69) is 0 Å². The van der Waals surface area contributed by atoms with Crippen molar-refractivity contribution in [3.05, 3.63) is 0 Å². The van der Waals surface area contributed by atoms with Crippen LogP contribution in [0.2, 0.25) is 0 Å². The molecule has 0 aliphatic carbocycles. The minimum Gasteiger partial charge on any atom is -0.466 e. The van der Waals surface area contributed by atoms with E-state index in [0.29, 0.717) is 19.7 Å². The highest BCUT2D eigenvalue weighted by molar-refractivity contribution is 8.14. The molecule has 0 bridgehead atoms. The van der Waals surface area contributed by atoms with Gasteiger partial charge in [0.1, 0.15) is 0 Å². The number of carbonyl (C=O) groups is 2. The first-order chi connectivity index (χ1) is 7.54. The first kappa shape index (κ1) is 15.3. The van der Waals surface area contributed by atoms with Crippen LogP contribution < -0.4 is 0 Å². The van der Waals surface area contributed by atoms with E-state index < -0.39 is 0 Å². The molecule has 1 unspecified atom stereocenters. The maximum absolute atomic E-state index is 11.7. The highest BCUT2D eigenvalue weighted by Crippen LogP contribution is 2.18. The van der Waals surface area contributed by atoms with Gasteiger partial charge in [-0.15, -0.1) is 0 Å². The topological polar surface area (TPSA) is 46.6 Å². The molecule has 0 N–H and O–H groups in total. The minimum atomic E-state index is -0.241. The Morgan fingerprint density at radius 1 is 1.25 bits per heavy atom. The Kier molecular flexibility index (Phi) is 8.07. The van der Waals surface area contributed by atoms with Crippen molar-refractivity contribution in [3.63, 3.8) is 0 Å². The van der Waals surface area contributed by atoms with Gasteiger partial charge < -0.3 is 9.64 Å². The Morgan fingerprint density at radius 3 is 2.25 bits per heavy atom. The second kappa shape index (κ2) is 8.44. The smallest absolute Gasteiger partial charge is 0.306 e. The summed E-state index contributed by atoms with van der Waals surface area (Å²) in [4.78, 5) is 24.6. The number of thioether (sulfide) groups is 1. The Balaban J connectivity index is 3.99. The van der Waals surface area contributed by atoms with Crippen molar-refractivity contribution in [1.29, 1.82) is 0 Å². The van der Waals surface area contributed by atoms with Crippen LogP contribution in [0.4, 0.5) is 4.79 Å². The quantitative estimate of drug-likeness (QED) is 0.677. The molecule has 16 heavy (non-hydrogen) atoms. The van der Waals surface area contributed by atoms with Gasteiger partial charge in [-0.05, 0) is 20.8 Å². The van der Waals surface area contributed by atoms with E-state index in [0.717, 1.165) is 0 Å². The first-order valence-electron chi connectivity index (χ1n) is 5.66. The van der Waals surface area contributed by atoms with Crippen molar-refractivity contribution in [2.75, 3.05) is 19.7 Å². The van der Waals surface area contributed by atoms with E-state index in [4.69, 9.17) is 4.74 Å². The van der Waals surface area contributed by atoms with E-state index in [1.807, 2.05) is 20.8 Å². The first-order valence-corrected chi connectivity index (χ1v) is 6.54. The van der Waals surface area contributed by atoms with Gasteiger partial charge in [-0.25, -0.2) is 0 Å². The number of hydrogen-bond acceptors (Lipinski definition) is 4. The summed E-state index contributed by atoms with van der Waals surface area (Å²) in [6, 6.07) is 0. The van der Waals surface area contributed by atoms with E-state index in [1.165, 1.54) is 11.8 Å². The lowest BCUT2D eigenvalue weighted by Gasteiger charge is -2.19. The van der Waals surface area contributed by atoms with Crippen LogP contribution in [0, 0.1) is 0 Å². The zero-order chi connectivity index (χ0) is 12.6. The Bertz CT molecular complexity index is 229. The number of esters is 1. The van der Waals surface area contributed by atoms with Crippen molar-refractivity contribution in [3.8, 4) is 0 Å². The molecule has 0 heterocycles. The third-order valence-electron chi connectivity index (χ3n) is 2.08. The molecular formula is C11H21NO3S. The Labute approximate surface area is 102 Å². The van der Waals surface area contributed by atoms with Crippen LogP contribution in [-0.2, 0) is 9.53 Å². The second-order valence-electron chi connectivity index (χ2n) is 3.38. The minimum absolute atomic E-state index is 0.0294. The monoisotopic (exact) mass is 247 g/mol. The van der Waals surface area contributed by atoms with E-state index in [1.54, 1.807) is 11.8 Å². The lowest BCUT2D eigenvalue weighted by molar-refractivity contribution is -0.142. The van der Waals surface area contributed by atoms with Crippen molar-refractivity contribution in [2.45, 2.75) is 39.4 Å². The summed E-state index contributed by atoms with van der Waals surface area (Å²) >= 11 is 1.20. The molecule has 0 rings (SSSR count). The Morgan fingerprint density at radius 2 is 1.81 bits per heavy atom. The summed E-state index contributed by atoms with van der Waals surface area (Å²) in [5.41, 5.74) is 0. The molecule has 1 atom stereocenters. The molecule has 0 spiro atoms. The largest absolute Gasteiger partial charge is 0.466 e. The van der Waals surface area contributed by atoms with Crippen LogP contribution in [0.15, 0.2) is 0 Å². The van der Waals surface area contributed by atoms with Crippen LogP contribution in [0.25, 0.3) is 0 Å². The van der Waals surface area contributed by atoms with Crippen molar-refractivity contribution in [2.24, 2.45) is 0 Å². The second-order valence-corrected chi connectivity index (χ2v) is 4.77. The summed E-state index contributed by atoms with van der Waals surface area (Å²) in [6.07, 6.45) is 0.283. The summed E-state index contributed by atoms with van der Waals surface area (Å²) in [5, 5.41) is -0.00560. The van der Waals surface area contributed by atoms with Gasteiger partial charge in [0.2, 0.25) is 0 Å². The van der Waals surface area contributed by atoms with Crippen LogP contribution in [0.1, 0.15) is 34.1 Å². The molecule has 94 valence electrons. The van der Waals surface area contributed by atoms with E-state index in [-0.39, 0.29) is 22.9 Å². The number of rotatable bonds is 6. The van der Waals surface area contributed by atoms with Crippen LogP contribution in [-0.4, -0.2) is 41.1 Å². The average Bonchev–Trinajstić information content (AvgIpc) is 2.19. The summed E-state index contributed by atoms with van der Waals surface area (Å²) in [7, 11) is 0. The molecule has 0 radical (unpaired) electrons. The molecule has 5 heteroatoms. The SMILES string of the molecule is CCOC(=O)CC(C)SC(=O)N(CC)CC. The van der Waals surface area contributed by atoms with Crippen molar-refractivity contribution >= 4 is 23.0 Å². The number of amides is 1. The van der Waals surface area contributed by atoms with Crippen molar-refractivity contribution in [1.82, 2.24) is 4.90 Å². The van der Waals surface area contributed by atoms with Gasteiger partial charge in [-0.1, -0.05) is 18.7 Å². The molecular weight excluding hydrogens is 226 g/mol. The fourth-order valence-electron chi connectivity index (χ4n) is 1.22. The molecule has 0 aliphatic rings. The molecule has 0 aromatic rings. The molecule has 0 saturated heterocycles. The lowest BCUT2D eigenvalue weighted by atomic mass is 10.3. The van der Waals surface area contributed by atoms with Gasteiger partial charge in [-0.3, -0.25) is 9.59 Å². The molecule has 0 fully saturated rings. The number of nitrogens with zero attached hydrogens (tertiary/aromatic N) is 1. The maximum Gasteiger partial charge on any atom is 0.306 e. The average molecular weight is 247 g/mol. The summed E-state index contributed by atoms with van der Waals surface area (Å²) < 4.78 is 4.83. The fourth-order valence-corrected chi connectivity index (χ4v) is 2.20. The molecule has 0 saturated carbocycles. The van der Waals surface area contributed by atoms with Gasteiger partial charge in [0.25, 0.3) is 5.24 Å². The number of carbonyl (C=O) groups excluding carboxylic acids is 2. The predicted octanol–water partition coefficient (Wildman–Crippen LogP) is 2.52. The number of ether oxygens (including phenoxy) is 1. The maximum atomic E-state index is 11.7. The highest BCUT2D eigenvalue weighted by Gasteiger charge is 2.17. The third kappa shape index (κ3) is 6.00. The molecule has 4 nitrogen and oxygen atoms in total. The highest BCUT2D eigenvalue weighted by atomic mass is 32.2. The standard InChI is InChI=1S/C11H21NO3S/c1-5-12(6-2)11(14)16-9(4)8-10(13)15-7-3/h9H,5-8H2,1-4H3. The Hall–Kier alpha value is -0.710. The zero-order valence-corrected chi connectivity index (χ0v) is 11.3. The van der Waals surface area contributed by atoms with Crippen molar-refractivity contribution < 1.29 is 14.3 Å². The lowest BCUT2D eigenvalue weighted by Crippen LogP contribution is -2.28. The number of hydrogen-bond donors (Lipinski definition) is 0. The van der Waals surface area contributed by atoms with Crippen LogP contribution >= 0.6 is 11.8 Å². The molecule has 0 aliphatic heterocycles. The zero-order valence-electron chi connectivity index (χ0n) is 10.5. The van der Waals surface area contributed by atoms with Crippen LogP contribution in [0.5, 0.6) is 0 Å². The molecule has 0 aromatic carbocycles. The normalized spacial score (nSPS) is 12.0. The third-order valence-corrected chi connectivity index (χ3v) is 3.11. The van der Waals surface area contributed by atoms with Crippen LogP contribution in [0.3, 0.4) is 0 Å². The fraction of sp³-hybridized carbons (Fsp3) is 0.818. The van der Waals surface area contributed by atoms with E-state index >= 15 is 0 Å². The van der Waals surface area contributed by atoms with E-state index in [9.17, 15) is 9.59 Å². The summed E-state index contributed by atoms with van der Waals surface area (Å²) in [6.45, 7) is 9.32. The van der Waals surface area contributed by atoms with Gasteiger partial charge in [0.05, 0.1) is 13.0 Å².